The molecule has 1 fully saturated rings. The Morgan fingerprint density at radius 2 is 1.80 bits per heavy atom. The quantitative estimate of drug-likeness (QED) is 0.361. The molecule has 0 saturated carbocycles. The normalized spacial score (nSPS) is 31.3. The van der Waals surface area contributed by atoms with Gasteiger partial charge >= 0.3 is 0 Å². The molecule has 0 aromatic heterocycles. The van der Waals surface area contributed by atoms with E-state index in [0.29, 0.717) is 12.8 Å². The fourth-order valence-corrected chi connectivity index (χ4v) is 2.28. The van der Waals surface area contributed by atoms with Crippen molar-refractivity contribution in [1.82, 2.24) is 4.90 Å². The molecule has 2 amide bonds. The summed E-state index contributed by atoms with van der Waals surface area (Å²) in [5, 5.41) is 0. The summed E-state index contributed by atoms with van der Waals surface area (Å²) in [6.45, 7) is 1.71. The molecule has 0 bridgehead atoms. The number of rotatable bonds is 1. The highest BCUT2D eigenvalue weighted by atomic mass is 16.2. The van der Waals surface area contributed by atoms with Gasteiger partial charge in [-0.2, -0.15) is 0 Å². The summed E-state index contributed by atoms with van der Waals surface area (Å²) in [6, 6.07) is -0.421. The molecule has 2 rings (SSSR count). The molecule has 1 aliphatic heterocycles. The number of carbonyl (C=O) groups excluding carboxylic acids is 2. The SMILES string of the molecule is C#CC(C)N1C(=O)[C@H]2CC=CC[C@H]2C1=O. The Balaban J connectivity index is 2.29. The maximum atomic E-state index is 11.9. The van der Waals surface area contributed by atoms with Gasteiger partial charge in [-0.05, 0) is 19.8 Å². The van der Waals surface area contributed by atoms with Crippen LogP contribution in [0.15, 0.2) is 12.2 Å². The fourth-order valence-electron chi connectivity index (χ4n) is 2.28. The molecule has 15 heavy (non-hydrogen) atoms. The van der Waals surface area contributed by atoms with Crippen molar-refractivity contribution in [2.45, 2.75) is 25.8 Å². The van der Waals surface area contributed by atoms with Crippen LogP contribution in [0.1, 0.15) is 19.8 Å². The smallest absolute Gasteiger partial charge is 0.234 e. The lowest BCUT2D eigenvalue weighted by Gasteiger charge is -2.17. The zero-order valence-electron chi connectivity index (χ0n) is 8.64. The first-order valence-electron chi connectivity index (χ1n) is 5.15. The van der Waals surface area contributed by atoms with Crippen LogP contribution in [0.2, 0.25) is 0 Å². The molecule has 0 aromatic rings. The van der Waals surface area contributed by atoms with Crippen LogP contribution in [0, 0.1) is 24.2 Å². The van der Waals surface area contributed by atoms with Gasteiger partial charge in [-0.25, -0.2) is 0 Å². The van der Waals surface area contributed by atoms with Gasteiger partial charge in [0, 0.05) is 0 Å². The van der Waals surface area contributed by atoms with Gasteiger partial charge in [0.1, 0.15) is 0 Å². The maximum absolute atomic E-state index is 11.9. The van der Waals surface area contributed by atoms with Gasteiger partial charge < -0.3 is 0 Å². The van der Waals surface area contributed by atoms with Gasteiger partial charge in [0.05, 0.1) is 17.9 Å². The van der Waals surface area contributed by atoms with Crippen LogP contribution in [0.5, 0.6) is 0 Å². The summed E-state index contributed by atoms with van der Waals surface area (Å²) in [5.74, 6) is 1.91. The molecule has 0 N–H and O–H groups in total. The highest BCUT2D eigenvalue weighted by Gasteiger charge is 2.48. The number of hydrogen-bond donors (Lipinski definition) is 0. The van der Waals surface area contributed by atoms with Crippen LogP contribution >= 0.6 is 0 Å². The third-order valence-electron chi connectivity index (χ3n) is 3.17. The maximum Gasteiger partial charge on any atom is 0.234 e. The number of nitrogens with zero attached hydrogens (tertiary/aromatic N) is 1. The number of allylic oxidation sites excluding steroid dienone is 2. The molecule has 3 heteroatoms. The third-order valence-corrected chi connectivity index (χ3v) is 3.17. The van der Waals surface area contributed by atoms with Crippen LogP contribution < -0.4 is 0 Å². The van der Waals surface area contributed by atoms with Gasteiger partial charge in [0.15, 0.2) is 0 Å². The molecule has 0 spiro atoms. The van der Waals surface area contributed by atoms with Crippen molar-refractivity contribution >= 4 is 11.8 Å². The van der Waals surface area contributed by atoms with Crippen molar-refractivity contribution in [2.75, 3.05) is 0 Å². The van der Waals surface area contributed by atoms with Gasteiger partial charge in [0.25, 0.3) is 0 Å². The number of imide groups is 1. The minimum atomic E-state index is -0.421. The van der Waals surface area contributed by atoms with E-state index < -0.39 is 6.04 Å². The number of hydrogen-bond acceptors (Lipinski definition) is 2. The van der Waals surface area contributed by atoms with Crippen molar-refractivity contribution in [2.24, 2.45) is 11.8 Å². The van der Waals surface area contributed by atoms with Gasteiger partial charge in [-0.3, -0.25) is 14.5 Å². The van der Waals surface area contributed by atoms with E-state index in [-0.39, 0.29) is 23.7 Å². The molecule has 3 nitrogen and oxygen atoms in total. The zero-order chi connectivity index (χ0) is 11.0. The van der Waals surface area contributed by atoms with Crippen LogP contribution in [0.4, 0.5) is 0 Å². The molecule has 0 aromatic carbocycles. The lowest BCUT2D eigenvalue weighted by atomic mass is 9.85. The summed E-state index contributed by atoms with van der Waals surface area (Å²) < 4.78 is 0. The summed E-state index contributed by atoms with van der Waals surface area (Å²) in [6.07, 6.45) is 10.5. The monoisotopic (exact) mass is 203 g/mol. The van der Waals surface area contributed by atoms with E-state index >= 15 is 0 Å². The topological polar surface area (TPSA) is 37.4 Å². The van der Waals surface area contributed by atoms with Crippen LogP contribution in [0.3, 0.4) is 0 Å². The summed E-state index contributed by atoms with van der Waals surface area (Å²) >= 11 is 0. The van der Waals surface area contributed by atoms with Gasteiger partial charge in [0.2, 0.25) is 11.8 Å². The molecular formula is C12H13NO2. The molecular weight excluding hydrogens is 190 g/mol. The minimum Gasteiger partial charge on any atom is -0.274 e. The summed E-state index contributed by atoms with van der Waals surface area (Å²) in [4.78, 5) is 25.1. The lowest BCUT2D eigenvalue weighted by molar-refractivity contribution is -0.141. The van der Waals surface area contributed by atoms with E-state index in [1.54, 1.807) is 6.92 Å². The predicted octanol–water partition coefficient (Wildman–Crippen LogP) is 0.959. The van der Waals surface area contributed by atoms with Crippen molar-refractivity contribution in [3.8, 4) is 12.3 Å². The third kappa shape index (κ3) is 1.37. The number of carbonyl (C=O) groups is 2. The molecule has 3 atom stereocenters. The Morgan fingerprint density at radius 3 is 2.20 bits per heavy atom. The second-order valence-corrected chi connectivity index (χ2v) is 4.04. The summed E-state index contributed by atoms with van der Waals surface area (Å²) in [7, 11) is 0. The number of amides is 2. The number of terminal acetylenes is 1. The first-order chi connectivity index (χ1) is 7.16. The van der Waals surface area contributed by atoms with Crippen LogP contribution in [-0.4, -0.2) is 22.8 Å². The minimum absolute atomic E-state index is 0.0974. The Hall–Kier alpha value is -1.56. The fraction of sp³-hybridized carbons (Fsp3) is 0.500. The molecule has 78 valence electrons. The second-order valence-electron chi connectivity index (χ2n) is 4.04. The molecule has 2 aliphatic rings. The van der Waals surface area contributed by atoms with Crippen molar-refractivity contribution in [3.05, 3.63) is 12.2 Å². The molecule has 0 radical (unpaired) electrons. The van der Waals surface area contributed by atoms with E-state index in [4.69, 9.17) is 6.42 Å². The Bertz CT molecular complexity index is 352. The average molecular weight is 203 g/mol. The lowest BCUT2D eigenvalue weighted by Crippen LogP contribution is -2.38. The standard InChI is InChI=1S/C12H13NO2/c1-3-8(2)13-11(14)9-6-4-5-7-10(9)12(13)15/h1,4-5,8-10H,6-7H2,2H3/t8?,9-,10+. The largest absolute Gasteiger partial charge is 0.274 e. The number of fused-ring (bicyclic) bond motifs is 1. The van der Waals surface area contributed by atoms with Crippen molar-refractivity contribution in [1.29, 1.82) is 0 Å². The van der Waals surface area contributed by atoms with Crippen LogP contribution in [-0.2, 0) is 9.59 Å². The predicted molar refractivity (Wildman–Crippen MR) is 55.5 cm³/mol. The first-order valence-corrected chi connectivity index (χ1v) is 5.15. The Kier molecular flexibility index (Phi) is 2.36. The van der Waals surface area contributed by atoms with Gasteiger partial charge in [-0.15, -0.1) is 6.42 Å². The van der Waals surface area contributed by atoms with Crippen molar-refractivity contribution in [3.63, 3.8) is 0 Å². The second kappa shape index (κ2) is 3.54. The molecule has 1 aliphatic carbocycles. The van der Waals surface area contributed by atoms with Gasteiger partial charge in [-0.1, -0.05) is 18.1 Å². The summed E-state index contributed by atoms with van der Waals surface area (Å²) in [5.41, 5.74) is 0. The average Bonchev–Trinajstić information content (AvgIpc) is 2.52. The molecule has 1 heterocycles. The molecule has 1 unspecified atom stereocenters. The van der Waals surface area contributed by atoms with E-state index in [0.717, 1.165) is 0 Å². The van der Waals surface area contributed by atoms with E-state index in [1.165, 1.54) is 4.90 Å². The van der Waals surface area contributed by atoms with E-state index in [2.05, 4.69) is 5.92 Å². The molecule has 1 saturated heterocycles. The Labute approximate surface area is 89.1 Å². The highest BCUT2D eigenvalue weighted by Crippen LogP contribution is 2.35. The van der Waals surface area contributed by atoms with E-state index in [1.807, 2.05) is 12.2 Å². The first kappa shape index (κ1) is 9.97. The highest BCUT2D eigenvalue weighted by molar-refractivity contribution is 6.06. The van der Waals surface area contributed by atoms with Crippen LogP contribution in [0.25, 0.3) is 0 Å². The number of likely N-dealkylation sites (tertiary alicyclic amines) is 1. The van der Waals surface area contributed by atoms with E-state index in [9.17, 15) is 9.59 Å². The zero-order valence-corrected chi connectivity index (χ0v) is 8.64. The van der Waals surface area contributed by atoms with Crippen molar-refractivity contribution < 1.29 is 9.59 Å². The Morgan fingerprint density at radius 1 is 1.33 bits per heavy atom.